The van der Waals surface area contributed by atoms with Crippen molar-refractivity contribution in [3.63, 3.8) is 0 Å². The third-order valence-corrected chi connectivity index (χ3v) is 2.09. The van der Waals surface area contributed by atoms with E-state index in [-0.39, 0.29) is 5.76 Å². The Morgan fingerprint density at radius 2 is 2.06 bits per heavy atom. The topological polar surface area (TPSA) is 46.5 Å². The van der Waals surface area contributed by atoms with E-state index >= 15 is 0 Å². The summed E-state index contributed by atoms with van der Waals surface area (Å²) in [5.41, 5.74) is 1.14. The summed E-state index contributed by atoms with van der Waals surface area (Å²) in [5.74, 6) is -0.964. The first-order chi connectivity index (χ1) is 7.74. The maximum atomic E-state index is 10.7. The molecule has 0 aromatic heterocycles. The highest BCUT2D eigenvalue weighted by Gasteiger charge is 2.06. The van der Waals surface area contributed by atoms with Crippen molar-refractivity contribution in [2.45, 2.75) is 19.8 Å². The molecule has 0 radical (unpaired) electrons. The fourth-order valence-corrected chi connectivity index (χ4v) is 1.32. The summed E-state index contributed by atoms with van der Waals surface area (Å²) >= 11 is 0. The molecule has 86 valence electrons. The van der Waals surface area contributed by atoms with E-state index < -0.39 is 5.97 Å². The summed E-state index contributed by atoms with van der Waals surface area (Å²) in [5, 5.41) is 8.81. The maximum absolute atomic E-state index is 10.7. The van der Waals surface area contributed by atoms with Gasteiger partial charge in [0.2, 0.25) is 0 Å². The third-order valence-electron chi connectivity index (χ3n) is 2.09. The van der Waals surface area contributed by atoms with Gasteiger partial charge in [-0.1, -0.05) is 37.3 Å². The molecular formula is C13H16O3. The van der Waals surface area contributed by atoms with Crippen LogP contribution < -0.4 is 0 Å². The number of aliphatic carboxylic acids is 1. The van der Waals surface area contributed by atoms with E-state index in [1.54, 1.807) is 6.08 Å². The average molecular weight is 220 g/mol. The minimum atomic E-state index is -1.00. The Hall–Kier alpha value is -1.77. The van der Waals surface area contributed by atoms with Gasteiger partial charge in [-0.05, 0) is 18.1 Å². The number of ether oxygens (including phenoxy) is 1. The quantitative estimate of drug-likeness (QED) is 0.592. The van der Waals surface area contributed by atoms with Crippen LogP contribution in [0.2, 0.25) is 0 Å². The molecule has 0 fully saturated rings. The van der Waals surface area contributed by atoms with Crippen molar-refractivity contribution in [1.29, 1.82) is 0 Å². The van der Waals surface area contributed by atoms with E-state index in [1.807, 2.05) is 37.3 Å². The minimum Gasteiger partial charge on any atom is -0.486 e. The Balaban J connectivity index is 2.40. The largest absolute Gasteiger partial charge is 0.486 e. The molecule has 3 nitrogen and oxygen atoms in total. The highest BCUT2D eigenvalue weighted by molar-refractivity contribution is 5.84. The molecule has 0 atom stereocenters. The zero-order valence-corrected chi connectivity index (χ0v) is 9.35. The molecule has 0 spiro atoms. The predicted molar refractivity (Wildman–Crippen MR) is 62.1 cm³/mol. The van der Waals surface area contributed by atoms with E-state index in [4.69, 9.17) is 9.84 Å². The smallest absolute Gasteiger partial charge is 0.370 e. The summed E-state index contributed by atoms with van der Waals surface area (Å²) in [6.45, 7) is 2.27. The number of carbonyl (C=O) groups is 1. The summed E-state index contributed by atoms with van der Waals surface area (Å²) in [6, 6.07) is 9.84. The number of allylic oxidation sites excluding steroid dienone is 1. The van der Waals surface area contributed by atoms with Crippen LogP contribution in [0.4, 0.5) is 0 Å². The van der Waals surface area contributed by atoms with E-state index in [9.17, 15) is 4.79 Å². The van der Waals surface area contributed by atoms with Gasteiger partial charge in [-0.25, -0.2) is 4.79 Å². The first kappa shape index (κ1) is 12.3. The monoisotopic (exact) mass is 220 g/mol. The van der Waals surface area contributed by atoms with E-state index in [2.05, 4.69) is 0 Å². The highest BCUT2D eigenvalue weighted by Crippen LogP contribution is 2.04. The lowest BCUT2D eigenvalue weighted by molar-refractivity contribution is -0.136. The molecule has 0 bridgehead atoms. The van der Waals surface area contributed by atoms with Gasteiger partial charge in [0.05, 0.1) is 6.61 Å². The molecule has 1 N–H and O–H groups in total. The Morgan fingerprint density at radius 1 is 1.38 bits per heavy atom. The molecule has 0 aliphatic heterocycles. The Morgan fingerprint density at radius 3 is 2.62 bits per heavy atom. The van der Waals surface area contributed by atoms with Crippen LogP contribution >= 0.6 is 0 Å². The summed E-state index contributed by atoms with van der Waals surface area (Å²) < 4.78 is 5.21. The number of carboxylic acids is 1. The van der Waals surface area contributed by atoms with Gasteiger partial charge in [0.15, 0.2) is 5.76 Å². The van der Waals surface area contributed by atoms with E-state index in [1.165, 1.54) is 0 Å². The fraction of sp³-hybridized carbons (Fsp3) is 0.308. The Kier molecular flexibility index (Phi) is 5.12. The molecule has 0 aliphatic carbocycles. The van der Waals surface area contributed by atoms with E-state index in [0.717, 1.165) is 12.0 Å². The van der Waals surface area contributed by atoms with Gasteiger partial charge in [0.1, 0.15) is 0 Å². The Bertz CT molecular complexity index is 355. The normalized spacial score (nSPS) is 11.2. The van der Waals surface area contributed by atoms with Gasteiger partial charge in [-0.3, -0.25) is 0 Å². The molecule has 0 heterocycles. The molecule has 0 amide bonds. The summed E-state index contributed by atoms with van der Waals surface area (Å²) in [6.07, 6.45) is 2.95. The fourth-order valence-electron chi connectivity index (χ4n) is 1.32. The molecule has 0 unspecified atom stereocenters. The third kappa shape index (κ3) is 4.17. The number of hydrogen-bond donors (Lipinski definition) is 1. The molecule has 0 aliphatic rings. The van der Waals surface area contributed by atoms with Gasteiger partial charge in [-0.2, -0.15) is 0 Å². The molecule has 16 heavy (non-hydrogen) atoms. The Labute approximate surface area is 95.4 Å². The number of benzene rings is 1. The summed E-state index contributed by atoms with van der Waals surface area (Å²) in [7, 11) is 0. The molecule has 0 saturated carbocycles. The van der Waals surface area contributed by atoms with Crippen molar-refractivity contribution in [3.8, 4) is 0 Å². The van der Waals surface area contributed by atoms with Crippen molar-refractivity contribution >= 4 is 5.97 Å². The first-order valence-electron chi connectivity index (χ1n) is 5.34. The second-order valence-corrected chi connectivity index (χ2v) is 3.37. The van der Waals surface area contributed by atoms with Crippen molar-refractivity contribution in [1.82, 2.24) is 0 Å². The molecule has 1 rings (SSSR count). The van der Waals surface area contributed by atoms with Gasteiger partial charge < -0.3 is 9.84 Å². The van der Waals surface area contributed by atoms with Crippen LogP contribution in [0, 0.1) is 0 Å². The van der Waals surface area contributed by atoms with Crippen LogP contribution in [-0.4, -0.2) is 17.7 Å². The van der Waals surface area contributed by atoms with Crippen molar-refractivity contribution in [2.75, 3.05) is 6.61 Å². The lowest BCUT2D eigenvalue weighted by atomic mass is 10.2. The predicted octanol–water partition coefficient (Wildman–Crippen LogP) is 2.62. The standard InChI is InChI=1S/C13H16O3/c1-2-6-12(13(14)15)16-10-9-11-7-4-3-5-8-11/h3-8H,2,9-10H2,1H3,(H,14,15)/b12-6+. The van der Waals surface area contributed by atoms with E-state index in [0.29, 0.717) is 13.0 Å². The average Bonchev–Trinajstić information content (AvgIpc) is 2.29. The second-order valence-electron chi connectivity index (χ2n) is 3.37. The van der Waals surface area contributed by atoms with Crippen LogP contribution in [0.1, 0.15) is 18.9 Å². The summed E-state index contributed by atoms with van der Waals surface area (Å²) in [4.78, 5) is 10.7. The van der Waals surface area contributed by atoms with Crippen LogP contribution in [0.25, 0.3) is 0 Å². The minimum absolute atomic E-state index is 0.0402. The zero-order chi connectivity index (χ0) is 11.8. The van der Waals surface area contributed by atoms with Gasteiger partial charge in [0, 0.05) is 6.42 Å². The number of carboxylic acid groups (broad SMARTS) is 1. The van der Waals surface area contributed by atoms with Crippen LogP contribution in [0.15, 0.2) is 42.2 Å². The first-order valence-corrected chi connectivity index (χ1v) is 5.34. The number of hydrogen-bond acceptors (Lipinski definition) is 2. The lowest BCUT2D eigenvalue weighted by Gasteiger charge is -2.06. The molecule has 1 aromatic carbocycles. The SMILES string of the molecule is CC/C=C(/OCCc1ccccc1)C(=O)O. The molecule has 0 saturated heterocycles. The zero-order valence-electron chi connectivity index (χ0n) is 9.35. The van der Waals surface area contributed by atoms with Crippen LogP contribution in [-0.2, 0) is 16.0 Å². The lowest BCUT2D eigenvalue weighted by Crippen LogP contribution is -2.07. The molecule has 1 aromatic rings. The molecular weight excluding hydrogens is 204 g/mol. The van der Waals surface area contributed by atoms with Crippen molar-refractivity contribution in [2.24, 2.45) is 0 Å². The second kappa shape index (κ2) is 6.67. The maximum Gasteiger partial charge on any atom is 0.370 e. The highest BCUT2D eigenvalue weighted by atomic mass is 16.5. The van der Waals surface area contributed by atoms with Gasteiger partial charge in [-0.15, -0.1) is 0 Å². The van der Waals surface area contributed by atoms with Crippen molar-refractivity contribution < 1.29 is 14.6 Å². The molecule has 3 heteroatoms. The van der Waals surface area contributed by atoms with Crippen LogP contribution in [0.5, 0.6) is 0 Å². The van der Waals surface area contributed by atoms with Gasteiger partial charge >= 0.3 is 5.97 Å². The van der Waals surface area contributed by atoms with Crippen LogP contribution in [0.3, 0.4) is 0 Å². The van der Waals surface area contributed by atoms with Crippen molar-refractivity contribution in [3.05, 3.63) is 47.7 Å². The van der Waals surface area contributed by atoms with Gasteiger partial charge in [0.25, 0.3) is 0 Å². The number of rotatable bonds is 6.